The number of nitrogens with one attached hydrogen (secondary N) is 1. The minimum Gasteiger partial charge on any atom is -0.466 e. The normalized spacial score (nSPS) is 15.9. The van der Waals surface area contributed by atoms with Crippen molar-refractivity contribution in [3.05, 3.63) is 95.6 Å². The van der Waals surface area contributed by atoms with Crippen LogP contribution in [0.3, 0.4) is 0 Å². The summed E-state index contributed by atoms with van der Waals surface area (Å²) in [6, 6.07) is 22.1. The van der Waals surface area contributed by atoms with Gasteiger partial charge in [0, 0.05) is 30.1 Å². The van der Waals surface area contributed by atoms with Crippen molar-refractivity contribution in [2.45, 2.75) is 70.0 Å². The standard InChI is InChI=1S/C35H41F3N2O3/c1-3-24-43-32(41)25-34(4-2,27-10-6-5-7-11-27)20-23-40-21-18-29(19-22-40)39-33(42)31-13-9-8-12-30(31)26-14-16-28(17-15-26)35(36,37)38/h5-17,29H,3-4,18-25H2,1-2H3,(H,39,42). The van der Waals surface area contributed by atoms with E-state index in [1.54, 1.807) is 24.3 Å². The van der Waals surface area contributed by atoms with Crippen LogP contribution < -0.4 is 5.32 Å². The lowest BCUT2D eigenvalue weighted by Crippen LogP contribution is -2.46. The molecule has 0 aromatic heterocycles. The molecule has 0 bridgehead atoms. The molecule has 0 aliphatic carbocycles. The van der Waals surface area contributed by atoms with Gasteiger partial charge in [0.15, 0.2) is 0 Å². The number of piperidine rings is 1. The van der Waals surface area contributed by atoms with Gasteiger partial charge in [-0.2, -0.15) is 13.2 Å². The Morgan fingerprint density at radius 2 is 1.53 bits per heavy atom. The van der Waals surface area contributed by atoms with Crippen LogP contribution in [-0.2, 0) is 21.1 Å². The van der Waals surface area contributed by atoms with Gasteiger partial charge in [-0.15, -0.1) is 0 Å². The molecule has 1 heterocycles. The zero-order chi connectivity index (χ0) is 30.9. The number of rotatable bonds is 12. The van der Waals surface area contributed by atoms with Crippen LogP contribution in [0, 0.1) is 0 Å². The first-order valence-corrected chi connectivity index (χ1v) is 15.2. The third-order valence-corrected chi connectivity index (χ3v) is 8.54. The monoisotopic (exact) mass is 594 g/mol. The summed E-state index contributed by atoms with van der Waals surface area (Å²) in [5.41, 5.74) is 1.72. The minimum atomic E-state index is -4.41. The Morgan fingerprint density at radius 3 is 2.16 bits per heavy atom. The Balaban J connectivity index is 1.36. The van der Waals surface area contributed by atoms with Gasteiger partial charge in [-0.25, -0.2) is 0 Å². The molecule has 3 aromatic carbocycles. The summed E-state index contributed by atoms with van der Waals surface area (Å²) < 4.78 is 44.5. The van der Waals surface area contributed by atoms with Crippen LogP contribution in [0.4, 0.5) is 13.2 Å². The van der Waals surface area contributed by atoms with Crippen molar-refractivity contribution in [2.24, 2.45) is 0 Å². The van der Waals surface area contributed by atoms with E-state index in [0.717, 1.165) is 69.4 Å². The topological polar surface area (TPSA) is 58.6 Å². The van der Waals surface area contributed by atoms with Crippen LogP contribution in [0.5, 0.6) is 0 Å². The molecule has 0 radical (unpaired) electrons. The molecule has 1 atom stereocenters. The molecule has 230 valence electrons. The third kappa shape index (κ3) is 8.47. The smallest absolute Gasteiger partial charge is 0.416 e. The molecule has 3 aromatic rings. The van der Waals surface area contributed by atoms with Gasteiger partial charge in [0.2, 0.25) is 0 Å². The molecular weight excluding hydrogens is 553 g/mol. The van der Waals surface area contributed by atoms with Crippen molar-refractivity contribution in [1.82, 2.24) is 10.2 Å². The Bertz CT molecular complexity index is 1340. The number of benzene rings is 3. The lowest BCUT2D eigenvalue weighted by atomic mass is 9.72. The Labute approximate surface area is 252 Å². The number of esters is 1. The maximum absolute atomic E-state index is 13.3. The van der Waals surface area contributed by atoms with E-state index < -0.39 is 11.7 Å². The fourth-order valence-electron chi connectivity index (χ4n) is 5.88. The van der Waals surface area contributed by atoms with Crippen LogP contribution in [0.15, 0.2) is 78.9 Å². The van der Waals surface area contributed by atoms with E-state index in [4.69, 9.17) is 4.74 Å². The number of likely N-dealkylation sites (tertiary alicyclic amines) is 1. The number of carbonyl (C=O) groups excluding carboxylic acids is 2. The molecule has 1 amide bonds. The van der Waals surface area contributed by atoms with E-state index in [2.05, 4.69) is 29.3 Å². The summed E-state index contributed by atoms with van der Waals surface area (Å²) in [5.74, 6) is -0.390. The highest BCUT2D eigenvalue weighted by Crippen LogP contribution is 2.37. The molecule has 1 aliphatic heterocycles. The summed E-state index contributed by atoms with van der Waals surface area (Å²) in [6.07, 6.45) is -0.0468. The maximum atomic E-state index is 13.3. The first-order valence-electron chi connectivity index (χ1n) is 15.2. The largest absolute Gasteiger partial charge is 0.466 e. The minimum absolute atomic E-state index is 0.00140. The van der Waals surface area contributed by atoms with E-state index in [0.29, 0.717) is 29.7 Å². The Kier molecular flexibility index (Phi) is 11.0. The van der Waals surface area contributed by atoms with Gasteiger partial charge >= 0.3 is 12.1 Å². The van der Waals surface area contributed by atoms with E-state index in [1.807, 2.05) is 25.1 Å². The van der Waals surface area contributed by atoms with Crippen molar-refractivity contribution < 1.29 is 27.5 Å². The van der Waals surface area contributed by atoms with Crippen molar-refractivity contribution in [2.75, 3.05) is 26.2 Å². The number of hydrogen-bond donors (Lipinski definition) is 1. The predicted octanol–water partition coefficient (Wildman–Crippen LogP) is 7.65. The van der Waals surface area contributed by atoms with E-state index in [1.165, 1.54) is 12.1 Å². The molecule has 5 nitrogen and oxygen atoms in total. The highest BCUT2D eigenvalue weighted by Gasteiger charge is 2.35. The molecule has 1 unspecified atom stereocenters. The fourth-order valence-corrected chi connectivity index (χ4v) is 5.88. The van der Waals surface area contributed by atoms with Gasteiger partial charge in [-0.05, 0) is 73.5 Å². The van der Waals surface area contributed by atoms with Crippen LogP contribution in [0.2, 0.25) is 0 Å². The summed E-state index contributed by atoms with van der Waals surface area (Å²) in [6.45, 7) is 7.02. The van der Waals surface area contributed by atoms with Crippen LogP contribution in [0.25, 0.3) is 11.1 Å². The predicted molar refractivity (Wildman–Crippen MR) is 163 cm³/mol. The van der Waals surface area contributed by atoms with Crippen molar-refractivity contribution in [3.63, 3.8) is 0 Å². The summed E-state index contributed by atoms with van der Waals surface area (Å²) in [4.78, 5) is 28.4. The Morgan fingerprint density at radius 1 is 0.884 bits per heavy atom. The van der Waals surface area contributed by atoms with Gasteiger partial charge in [0.25, 0.3) is 5.91 Å². The molecular formula is C35H41F3N2O3. The van der Waals surface area contributed by atoms with Gasteiger partial charge in [0.1, 0.15) is 0 Å². The molecule has 4 rings (SSSR count). The van der Waals surface area contributed by atoms with Crippen molar-refractivity contribution in [1.29, 1.82) is 0 Å². The number of ether oxygens (including phenoxy) is 1. The number of halogens is 3. The molecule has 8 heteroatoms. The summed E-state index contributed by atoms with van der Waals surface area (Å²) in [5, 5.41) is 3.15. The van der Waals surface area contributed by atoms with Crippen molar-refractivity contribution >= 4 is 11.9 Å². The van der Waals surface area contributed by atoms with E-state index >= 15 is 0 Å². The first kappa shape index (κ1) is 32.3. The zero-order valence-electron chi connectivity index (χ0n) is 25.0. The Hall–Kier alpha value is -3.65. The third-order valence-electron chi connectivity index (χ3n) is 8.54. The number of nitrogens with zero attached hydrogens (tertiary/aromatic N) is 1. The van der Waals surface area contributed by atoms with Crippen molar-refractivity contribution in [3.8, 4) is 11.1 Å². The lowest BCUT2D eigenvalue weighted by Gasteiger charge is -2.37. The fraction of sp³-hybridized carbons (Fsp3) is 0.429. The highest BCUT2D eigenvalue weighted by atomic mass is 19.4. The summed E-state index contributed by atoms with van der Waals surface area (Å²) in [7, 11) is 0. The van der Waals surface area contributed by atoms with Gasteiger partial charge in [-0.3, -0.25) is 9.59 Å². The second-order valence-electron chi connectivity index (χ2n) is 11.4. The van der Waals surface area contributed by atoms with Gasteiger partial charge < -0.3 is 15.0 Å². The SMILES string of the molecule is CCCOC(=O)CC(CC)(CCN1CCC(NC(=O)c2ccccc2-c2ccc(C(F)(F)F)cc2)CC1)c1ccccc1. The number of alkyl halides is 3. The number of amides is 1. The van der Waals surface area contributed by atoms with E-state index in [-0.39, 0.29) is 23.3 Å². The average molecular weight is 595 g/mol. The van der Waals surface area contributed by atoms with E-state index in [9.17, 15) is 22.8 Å². The second kappa shape index (κ2) is 14.7. The first-order chi connectivity index (χ1) is 20.6. The second-order valence-corrected chi connectivity index (χ2v) is 11.4. The molecule has 1 saturated heterocycles. The molecule has 1 fully saturated rings. The maximum Gasteiger partial charge on any atom is 0.416 e. The number of carbonyl (C=O) groups is 2. The molecule has 0 saturated carbocycles. The molecule has 1 N–H and O–H groups in total. The van der Waals surface area contributed by atoms with Gasteiger partial charge in [0.05, 0.1) is 18.6 Å². The molecule has 43 heavy (non-hydrogen) atoms. The quantitative estimate of drug-likeness (QED) is 0.219. The molecule has 0 spiro atoms. The van der Waals surface area contributed by atoms with Crippen LogP contribution in [0.1, 0.15) is 73.9 Å². The van der Waals surface area contributed by atoms with Crippen LogP contribution >= 0.6 is 0 Å². The highest BCUT2D eigenvalue weighted by molar-refractivity contribution is 6.01. The zero-order valence-corrected chi connectivity index (χ0v) is 25.0. The van der Waals surface area contributed by atoms with Gasteiger partial charge in [-0.1, -0.05) is 74.5 Å². The van der Waals surface area contributed by atoms with Crippen LogP contribution in [-0.4, -0.2) is 49.1 Å². The average Bonchev–Trinajstić information content (AvgIpc) is 3.03. The molecule has 1 aliphatic rings. The lowest BCUT2D eigenvalue weighted by molar-refractivity contribution is -0.145. The summed E-state index contributed by atoms with van der Waals surface area (Å²) >= 11 is 0. The number of hydrogen-bond acceptors (Lipinski definition) is 4.